The van der Waals surface area contributed by atoms with Crippen LogP contribution in [0.1, 0.15) is 38.5 Å². The highest BCUT2D eigenvalue weighted by atomic mass is 32.1. The quantitative estimate of drug-likeness (QED) is 0.737. The lowest BCUT2D eigenvalue weighted by molar-refractivity contribution is -0.137. The smallest absolute Gasteiger partial charge is 0.323 e. The van der Waals surface area contributed by atoms with Crippen molar-refractivity contribution in [3.63, 3.8) is 0 Å². The first kappa shape index (κ1) is 14.7. The zero-order chi connectivity index (χ0) is 13.4. The molecular weight excluding hydrogens is 250 g/mol. The fourth-order valence-corrected chi connectivity index (χ4v) is 2.44. The Kier molecular flexibility index (Phi) is 6.44. The number of thiocarbonyl (C=S) groups is 1. The third-order valence-corrected chi connectivity index (χ3v) is 3.42. The summed E-state index contributed by atoms with van der Waals surface area (Å²) >= 11 is 5.23. The molecule has 0 aliphatic heterocycles. The number of hydrogen-bond acceptors (Lipinski definition) is 3. The molecule has 1 aliphatic carbocycles. The Balaban J connectivity index is 2.46. The second kappa shape index (κ2) is 7.88. The van der Waals surface area contributed by atoms with E-state index in [9.17, 15) is 4.79 Å². The zero-order valence-corrected chi connectivity index (χ0v) is 11.2. The molecule has 0 aromatic carbocycles. The molecule has 0 heterocycles. The first-order valence-corrected chi connectivity index (χ1v) is 6.68. The van der Waals surface area contributed by atoms with E-state index in [1.54, 1.807) is 4.90 Å². The molecule has 0 aromatic rings. The maximum Gasteiger partial charge on any atom is 0.323 e. The van der Waals surface area contributed by atoms with Gasteiger partial charge in [-0.15, -0.1) is 0 Å². The minimum Gasteiger partial charge on any atom is -0.480 e. The third-order valence-electron chi connectivity index (χ3n) is 3.04. The van der Waals surface area contributed by atoms with E-state index in [4.69, 9.17) is 22.6 Å². The number of carboxylic acid groups (broad SMARTS) is 1. The van der Waals surface area contributed by atoms with Crippen LogP contribution in [-0.4, -0.2) is 40.2 Å². The Morgan fingerprint density at radius 3 is 2.67 bits per heavy atom. The van der Waals surface area contributed by atoms with Gasteiger partial charge in [-0.1, -0.05) is 19.3 Å². The highest BCUT2D eigenvalue weighted by Crippen LogP contribution is 2.17. The summed E-state index contributed by atoms with van der Waals surface area (Å²) in [5.74, 6) is -0.930. The molecule has 0 spiro atoms. The minimum atomic E-state index is -0.930. The highest BCUT2D eigenvalue weighted by molar-refractivity contribution is 7.80. The lowest BCUT2D eigenvalue weighted by atomic mass is 9.96. The van der Waals surface area contributed by atoms with E-state index in [-0.39, 0.29) is 13.0 Å². The monoisotopic (exact) mass is 269 g/mol. The molecule has 0 saturated heterocycles. The predicted molar refractivity (Wildman–Crippen MR) is 72.0 cm³/mol. The van der Waals surface area contributed by atoms with E-state index in [2.05, 4.69) is 5.32 Å². The number of nitrogens with one attached hydrogen (secondary N) is 1. The van der Waals surface area contributed by atoms with Gasteiger partial charge in [0, 0.05) is 12.6 Å². The summed E-state index contributed by atoms with van der Waals surface area (Å²) in [6, 6.07) is 2.36. The van der Waals surface area contributed by atoms with Crippen LogP contribution in [0.3, 0.4) is 0 Å². The molecule has 0 unspecified atom stereocenters. The largest absolute Gasteiger partial charge is 0.480 e. The Hall–Kier alpha value is -1.35. The summed E-state index contributed by atoms with van der Waals surface area (Å²) in [6.45, 7) is 0.210. The molecule has 0 aromatic heterocycles. The van der Waals surface area contributed by atoms with E-state index in [0.29, 0.717) is 17.7 Å². The maximum absolute atomic E-state index is 10.8. The number of hydrogen-bond donors (Lipinski definition) is 2. The number of carbonyl (C=O) groups is 1. The summed E-state index contributed by atoms with van der Waals surface area (Å²) in [7, 11) is 0. The zero-order valence-electron chi connectivity index (χ0n) is 10.4. The van der Waals surface area contributed by atoms with Gasteiger partial charge in [-0.05, 0) is 25.1 Å². The molecule has 1 aliphatic rings. The van der Waals surface area contributed by atoms with Crippen molar-refractivity contribution in [2.24, 2.45) is 0 Å². The minimum absolute atomic E-state index is 0.153. The average molecular weight is 269 g/mol. The summed E-state index contributed by atoms with van der Waals surface area (Å²) in [5, 5.41) is 21.1. The molecule has 1 rings (SSSR count). The molecule has 2 N–H and O–H groups in total. The molecular formula is C12H19N3O2S. The standard InChI is InChI=1S/C12H19N3O2S/c13-7-4-8-15(9-11(16)17)12(18)14-10-5-2-1-3-6-10/h10H,1-6,8-9H2,(H,14,18)(H,16,17). The molecule has 6 heteroatoms. The summed E-state index contributed by atoms with van der Waals surface area (Å²) in [6.07, 6.45) is 6.09. The van der Waals surface area contributed by atoms with Gasteiger partial charge in [-0.2, -0.15) is 5.26 Å². The van der Waals surface area contributed by atoms with Gasteiger partial charge >= 0.3 is 5.97 Å². The summed E-state index contributed by atoms with van der Waals surface area (Å²) in [5.41, 5.74) is 0. The van der Waals surface area contributed by atoms with Gasteiger partial charge in [0.2, 0.25) is 0 Å². The van der Waals surface area contributed by atoms with Crippen LogP contribution in [0.4, 0.5) is 0 Å². The van der Waals surface area contributed by atoms with Gasteiger partial charge in [0.15, 0.2) is 5.11 Å². The Bertz CT molecular complexity index is 335. The fraction of sp³-hybridized carbons (Fsp3) is 0.750. The van der Waals surface area contributed by atoms with Crippen LogP contribution in [0.15, 0.2) is 0 Å². The second-order valence-electron chi connectivity index (χ2n) is 4.51. The van der Waals surface area contributed by atoms with Crippen molar-refractivity contribution in [1.82, 2.24) is 10.2 Å². The highest BCUT2D eigenvalue weighted by Gasteiger charge is 2.18. The Labute approximate surface area is 113 Å². The molecule has 0 bridgehead atoms. The molecule has 0 atom stereocenters. The second-order valence-corrected chi connectivity index (χ2v) is 4.89. The first-order chi connectivity index (χ1) is 8.63. The Morgan fingerprint density at radius 1 is 1.44 bits per heavy atom. The van der Waals surface area contributed by atoms with Crippen LogP contribution in [-0.2, 0) is 4.79 Å². The lowest BCUT2D eigenvalue weighted by Gasteiger charge is -2.29. The lowest BCUT2D eigenvalue weighted by Crippen LogP contribution is -2.47. The van der Waals surface area contributed by atoms with Crippen LogP contribution in [0.5, 0.6) is 0 Å². The summed E-state index contributed by atoms with van der Waals surface area (Å²) in [4.78, 5) is 12.3. The molecule has 18 heavy (non-hydrogen) atoms. The van der Waals surface area contributed by atoms with Crippen LogP contribution in [0.2, 0.25) is 0 Å². The van der Waals surface area contributed by atoms with Gasteiger partial charge in [-0.3, -0.25) is 4.79 Å². The number of rotatable bonds is 5. The number of nitriles is 1. The maximum atomic E-state index is 10.8. The van der Waals surface area contributed by atoms with Crippen LogP contribution in [0.25, 0.3) is 0 Å². The van der Waals surface area contributed by atoms with E-state index in [1.807, 2.05) is 6.07 Å². The molecule has 1 saturated carbocycles. The van der Waals surface area contributed by atoms with Gasteiger partial charge in [0.25, 0.3) is 0 Å². The van der Waals surface area contributed by atoms with E-state index < -0.39 is 5.97 Å². The molecule has 1 fully saturated rings. The van der Waals surface area contributed by atoms with Crippen molar-refractivity contribution in [1.29, 1.82) is 5.26 Å². The normalized spacial score (nSPS) is 15.7. The van der Waals surface area contributed by atoms with Crippen molar-refractivity contribution in [2.75, 3.05) is 13.1 Å². The van der Waals surface area contributed by atoms with Crippen molar-refractivity contribution < 1.29 is 9.90 Å². The van der Waals surface area contributed by atoms with E-state index in [1.165, 1.54) is 19.3 Å². The van der Waals surface area contributed by atoms with Gasteiger partial charge in [-0.25, -0.2) is 0 Å². The Morgan fingerprint density at radius 2 is 2.11 bits per heavy atom. The van der Waals surface area contributed by atoms with E-state index >= 15 is 0 Å². The van der Waals surface area contributed by atoms with Crippen molar-refractivity contribution in [2.45, 2.75) is 44.6 Å². The van der Waals surface area contributed by atoms with Gasteiger partial charge in [0.1, 0.15) is 6.54 Å². The molecule has 5 nitrogen and oxygen atoms in total. The van der Waals surface area contributed by atoms with Gasteiger partial charge < -0.3 is 15.3 Å². The number of carboxylic acids is 1. The molecule has 0 amide bonds. The molecule has 0 radical (unpaired) electrons. The topological polar surface area (TPSA) is 76.4 Å². The fourth-order valence-electron chi connectivity index (χ4n) is 2.11. The molecule has 100 valence electrons. The van der Waals surface area contributed by atoms with Crippen LogP contribution >= 0.6 is 12.2 Å². The van der Waals surface area contributed by atoms with Crippen molar-refractivity contribution >= 4 is 23.3 Å². The van der Waals surface area contributed by atoms with Crippen LogP contribution < -0.4 is 5.32 Å². The summed E-state index contributed by atoms with van der Waals surface area (Å²) < 4.78 is 0. The average Bonchev–Trinajstić information content (AvgIpc) is 2.35. The van der Waals surface area contributed by atoms with Crippen LogP contribution in [0, 0.1) is 11.3 Å². The van der Waals surface area contributed by atoms with Crippen molar-refractivity contribution in [3.8, 4) is 6.07 Å². The van der Waals surface area contributed by atoms with Crippen molar-refractivity contribution in [3.05, 3.63) is 0 Å². The van der Waals surface area contributed by atoms with E-state index in [0.717, 1.165) is 12.8 Å². The number of nitrogens with zero attached hydrogens (tertiary/aromatic N) is 2. The predicted octanol–water partition coefficient (Wildman–Crippen LogP) is 1.49. The van der Waals surface area contributed by atoms with Gasteiger partial charge in [0.05, 0.1) is 12.5 Å². The SMILES string of the molecule is N#CCCN(CC(=O)O)C(=S)NC1CCCCC1. The first-order valence-electron chi connectivity index (χ1n) is 6.27. The number of aliphatic carboxylic acids is 1. The third kappa shape index (κ3) is 5.32.